The Balaban J connectivity index is 1.94. The average molecular weight is 138 g/mol. The van der Waals surface area contributed by atoms with Gasteiger partial charge in [-0.3, -0.25) is 0 Å². The predicted octanol–water partition coefficient (Wildman–Crippen LogP) is 1.82. The summed E-state index contributed by atoms with van der Waals surface area (Å²) in [7, 11) is 0. The lowest BCUT2D eigenvalue weighted by Crippen LogP contribution is -2.51. The highest BCUT2D eigenvalue weighted by Gasteiger charge is 2.65. The number of hydrogen-bond donors (Lipinski definition) is 0. The van der Waals surface area contributed by atoms with Crippen LogP contribution in [0.25, 0.3) is 0 Å². The molecule has 0 spiro atoms. The van der Waals surface area contributed by atoms with Crippen molar-refractivity contribution in [2.24, 2.45) is 17.3 Å². The van der Waals surface area contributed by atoms with Crippen LogP contribution in [0.4, 0.5) is 0 Å². The summed E-state index contributed by atoms with van der Waals surface area (Å²) in [4.78, 5) is 0. The Morgan fingerprint density at radius 3 is 2.60 bits per heavy atom. The Hall–Kier alpha value is -0.0400. The van der Waals surface area contributed by atoms with Gasteiger partial charge >= 0.3 is 0 Å². The van der Waals surface area contributed by atoms with Crippen LogP contribution in [0.1, 0.15) is 26.7 Å². The lowest BCUT2D eigenvalue weighted by Gasteiger charge is -2.54. The normalized spacial score (nSPS) is 60.6. The lowest BCUT2D eigenvalue weighted by atomic mass is 9.49. The second kappa shape index (κ2) is 1.29. The van der Waals surface area contributed by atoms with E-state index in [0.29, 0.717) is 17.6 Å². The van der Waals surface area contributed by atoms with E-state index in [1.165, 1.54) is 12.8 Å². The predicted molar refractivity (Wildman–Crippen MR) is 38.7 cm³/mol. The van der Waals surface area contributed by atoms with Gasteiger partial charge in [-0.1, -0.05) is 13.8 Å². The minimum absolute atomic E-state index is 0.623. The zero-order valence-corrected chi connectivity index (χ0v) is 6.63. The first kappa shape index (κ1) is 5.59. The Kier molecular flexibility index (Phi) is 0.722. The van der Waals surface area contributed by atoms with Crippen molar-refractivity contribution >= 4 is 0 Å². The third kappa shape index (κ3) is 0.430. The van der Waals surface area contributed by atoms with Crippen LogP contribution in [0, 0.1) is 17.3 Å². The molecule has 2 bridgehead atoms. The summed E-state index contributed by atoms with van der Waals surface area (Å²) < 4.78 is 5.57. The molecular weight excluding hydrogens is 124 g/mol. The molecule has 4 rings (SSSR count). The number of rotatable bonds is 0. The van der Waals surface area contributed by atoms with Crippen LogP contribution in [-0.4, -0.2) is 12.2 Å². The molecule has 4 fully saturated rings. The van der Waals surface area contributed by atoms with E-state index in [4.69, 9.17) is 4.74 Å². The molecule has 0 amide bonds. The number of epoxide rings is 1. The van der Waals surface area contributed by atoms with Crippen LogP contribution >= 0.6 is 0 Å². The molecule has 56 valence electrons. The van der Waals surface area contributed by atoms with E-state index < -0.39 is 0 Å². The summed E-state index contributed by atoms with van der Waals surface area (Å²) in [6.45, 7) is 4.81. The smallest absolute Gasteiger partial charge is 0.0875 e. The minimum atomic E-state index is 0.623. The van der Waals surface area contributed by atoms with Gasteiger partial charge < -0.3 is 4.74 Å². The van der Waals surface area contributed by atoms with E-state index in [1.54, 1.807) is 0 Å². The van der Waals surface area contributed by atoms with Gasteiger partial charge in [0.1, 0.15) is 0 Å². The molecule has 0 aromatic rings. The average Bonchev–Trinajstić information content (AvgIpc) is 2.62. The van der Waals surface area contributed by atoms with Gasteiger partial charge in [0.2, 0.25) is 0 Å². The van der Waals surface area contributed by atoms with Gasteiger partial charge in [0.15, 0.2) is 0 Å². The number of hydrogen-bond acceptors (Lipinski definition) is 1. The summed E-state index contributed by atoms with van der Waals surface area (Å²) in [6, 6.07) is 0. The Morgan fingerprint density at radius 2 is 2.10 bits per heavy atom. The maximum atomic E-state index is 5.57. The van der Waals surface area contributed by atoms with E-state index >= 15 is 0 Å². The molecule has 0 radical (unpaired) electrons. The van der Waals surface area contributed by atoms with Crippen LogP contribution in [0.2, 0.25) is 0 Å². The van der Waals surface area contributed by atoms with Crippen LogP contribution in [0.15, 0.2) is 0 Å². The lowest BCUT2D eigenvalue weighted by molar-refractivity contribution is -0.0504. The largest absolute Gasteiger partial charge is 0.369 e. The van der Waals surface area contributed by atoms with Gasteiger partial charge in [-0.25, -0.2) is 0 Å². The molecular formula is C9H14O. The molecule has 1 heteroatoms. The first-order chi connectivity index (χ1) is 4.69. The van der Waals surface area contributed by atoms with Gasteiger partial charge in [-0.15, -0.1) is 0 Å². The topological polar surface area (TPSA) is 12.5 Å². The maximum Gasteiger partial charge on any atom is 0.0875 e. The molecule has 3 aliphatic carbocycles. The Morgan fingerprint density at radius 1 is 1.30 bits per heavy atom. The molecule has 1 saturated heterocycles. The van der Waals surface area contributed by atoms with Gasteiger partial charge in [0.25, 0.3) is 0 Å². The third-order valence-electron chi connectivity index (χ3n) is 4.08. The van der Waals surface area contributed by atoms with Gasteiger partial charge in [-0.2, -0.15) is 0 Å². The molecule has 10 heavy (non-hydrogen) atoms. The second-order valence-corrected chi connectivity index (χ2v) is 4.74. The fourth-order valence-corrected chi connectivity index (χ4v) is 2.99. The second-order valence-electron chi connectivity index (χ2n) is 4.74. The maximum absolute atomic E-state index is 5.57. The molecule has 3 saturated carbocycles. The highest BCUT2D eigenvalue weighted by atomic mass is 16.6. The fourth-order valence-electron chi connectivity index (χ4n) is 2.99. The summed E-state index contributed by atoms with van der Waals surface area (Å²) >= 11 is 0. The first-order valence-corrected chi connectivity index (χ1v) is 4.35. The van der Waals surface area contributed by atoms with Gasteiger partial charge in [-0.05, 0) is 30.1 Å². The fraction of sp³-hybridized carbons (Fsp3) is 1.00. The van der Waals surface area contributed by atoms with Crippen LogP contribution in [0.3, 0.4) is 0 Å². The van der Waals surface area contributed by atoms with Crippen molar-refractivity contribution in [3.05, 3.63) is 0 Å². The highest BCUT2D eigenvalue weighted by molar-refractivity contribution is 5.13. The first-order valence-electron chi connectivity index (χ1n) is 4.35. The van der Waals surface area contributed by atoms with Gasteiger partial charge in [0, 0.05) is 0 Å². The molecule has 4 aliphatic rings. The molecule has 4 atom stereocenters. The molecule has 1 aliphatic heterocycles. The van der Waals surface area contributed by atoms with E-state index in [0.717, 1.165) is 11.8 Å². The summed E-state index contributed by atoms with van der Waals surface area (Å²) in [6.07, 6.45) is 4.18. The van der Waals surface area contributed by atoms with Crippen molar-refractivity contribution in [2.75, 3.05) is 0 Å². The van der Waals surface area contributed by atoms with Crippen molar-refractivity contribution in [1.82, 2.24) is 0 Å². The SMILES string of the molecule is CC1(C)[C@H]2CC3OC3[C@@H]1C2. The van der Waals surface area contributed by atoms with Gasteiger partial charge in [0.05, 0.1) is 12.2 Å². The van der Waals surface area contributed by atoms with Crippen molar-refractivity contribution in [1.29, 1.82) is 0 Å². The van der Waals surface area contributed by atoms with E-state index in [1.807, 2.05) is 0 Å². The van der Waals surface area contributed by atoms with Crippen molar-refractivity contribution in [2.45, 2.75) is 38.9 Å². The van der Waals surface area contributed by atoms with E-state index in [-0.39, 0.29) is 0 Å². The van der Waals surface area contributed by atoms with E-state index in [2.05, 4.69) is 13.8 Å². The molecule has 0 N–H and O–H groups in total. The third-order valence-corrected chi connectivity index (χ3v) is 4.08. The van der Waals surface area contributed by atoms with Crippen LogP contribution < -0.4 is 0 Å². The zero-order valence-electron chi connectivity index (χ0n) is 6.63. The number of ether oxygens (including phenoxy) is 1. The van der Waals surface area contributed by atoms with Crippen molar-refractivity contribution < 1.29 is 4.74 Å². The molecule has 1 heterocycles. The monoisotopic (exact) mass is 138 g/mol. The minimum Gasteiger partial charge on any atom is -0.369 e. The molecule has 1 nitrogen and oxygen atoms in total. The summed E-state index contributed by atoms with van der Waals surface area (Å²) in [5.74, 6) is 1.90. The van der Waals surface area contributed by atoms with Crippen LogP contribution in [-0.2, 0) is 4.74 Å². The Bertz CT molecular complexity index is 185. The van der Waals surface area contributed by atoms with Crippen molar-refractivity contribution in [3.63, 3.8) is 0 Å². The molecule has 2 unspecified atom stereocenters. The Labute approximate surface area is 61.8 Å². The van der Waals surface area contributed by atoms with Crippen LogP contribution in [0.5, 0.6) is 0 Å². The standard InChI is InChI=1S/C9H14O/c1-9(2)5-3-6(9)8-7(4-5)10-8/h5-8H,3-4H2,1-2H3/t5-,6+,7?,8?/m1/s1. The molecule has 0 aromatic carbocycles. The van der Waals surface area contributed by atoms with Crippen molar-refractivity contribution in [3.8, 4) is 0 Å². The zero-order chi connectivity index (χ0) is 6.93. The summed E-state index contributed by atoms with van der Waals surface area (Å²) in [5, 5.41) is 0. The van der Waals surface area contributed by atoms with E-state index in [9.17, 15) is 0 Å². The quantitative estimate of drug-likeness (QED) is 0.465. The summed E-state index contributed by atoms with van der Waals surface area (Å²) in [5.41, 5.74) is 0.623. The highest BCUT2D eigenvalue weighted by Crippen LogP contribution is 2.64. The molecule has 0 aromatic heterocycles.